The number of aryl methyl sites for hydroxylation is 1. The Balaban J connectivity index is 1.42. The first-order valence-corrected chi connectivity index (χ1v) is 9.81. The number of aromatic nitrogens is 1. The number of piperidine rings is 1. The minimum Gasteiger partial charge on any atom is -0.356 e. The maximum atomic E-state index is 12.7. The summed E-state index contributed by atoms with van der Waals surface area (Å²) in [5, 5.41) is 4.16. The third kappa shape index (κ3) is 2.92. The van der Waals surface area contributed by atoms with Crippen molar-refractivity contribution < 1.29 is 9.59 Å². The Kier molecular flexibility index (Phi) is 4.23. The third-order valence-corrected chi connectivity index (χ3v) is 6.55. The van der Waals surface area contributed by atoms with Gasteiger partial charge < -0.3 is 14.8 Å². The third-order valence-electron chi connectivity index (χ3n) is 5.52. The van der Waals surface area contributed by atoms with E-state index in [0.29, 0.717) is 18.8 Å². The van der Waals surface area contributed by atoms with Crippen molar-refractivity contribution in [2.75, 3.05) is 25.4 Å². The molecule has 1 aromatic heterocycles. The van der Waals surface area contributed by atoms with Crippen LogP contribution in [0.4, 0.5) is 0 Å². The van der Waals surface area contributed by atoms with E-state index in [1.165, 1.54) is 10.9 Å². The van der Waals surface area contributed by atoms with Crippen LogP contribution in [0.3, 0.4) is 0 Å². The molecule has 3 heterocycles. The lowest BCUT2D eigenvalue weighted by Crippen LogP contribution is -2.48. The van der Waals surface area contributed by atoms with E-state index >= 15 is 0 Å². The van der Waals surface area contributed by atoms with Gasteiger partial charge in [-0.05, 0) is 25.3 Å². The topological polar surface area (TPSA) is 54.3 Å². The summed E-state index contributed by atoms with van der Waals surface area (Å²) in [5.41, 5.74) is 0.842. The van der Waals surface area contributed by atoms with Crippen molar-refractivity contribution in [2.24, 2.45) is 12.5 Å². The number of hydrogen-bond acceptors (Lipinski definition) is 3. The molecule has 2 aromatic rings. The molecule has 5 nitrogen and oxygen atoms in total. The normalized spacial score (nSPS) is 23.4. The van der Waals surface area contributed by atoms with Gasteiger partial charge in [-0.1, -0.05) is 18.2 Å². The smallest absolute Gasteiger partial charge is 0.232 e. The van der Waals surface area contributed by atoms with E-state index in [0.717, 1.165) is 30.7 Å². The van der Waals surface area contributed by atoms with Gasteiger partial charge in [-0.3, -0.25) is 9.59 Å². The molecule has 0 saturated carbocycles. The van der Waals surface area contributed by atoms with Crippen LogP contribution in [0.1, 0.15) is 19.3 Å². The number of fused-ring (bicyclic) bond motifs is 1. The average molecular weight is 357 g/mol. The van der Waals surface area contributed by atoms with Crippen molar-refractivity contribution in [2.45, 2.75) is 24.2 Å². The number of para-hydroxylation sites is 1. The van der Waals surface area contributed by atoms with E-state index in [9.17, 15) is 9.59 Å². The highest BCUT2D eigenvalue weighted by Gasteiger charge is 2.46. The van der Waals surface area contributed by atoms with Crippen LogP contribution < -0.4 is 5.32 Å². The number of benzene rings is 1. The first kappa shape index (κ1) is 16.5. The van der Waals surface area contributed by atoms with Crippen molar-refractivity contribution in [1.29, 1.82) is 0 Å². The molecule has 2 saturated heterocycles. The standard InChI is InChI=1S/C19H23N3O2S/c1-21-11-16(14-5-2-3-6-15(14)21)25-12-17(23)22-10-8-19(13-22)7-4-9-20-18(19)24/h2-3,5-6,11H,4,7-10,12-13H2,1H3,(H,20,24). The molecular formula is C19H23N3O2S. The molecule has 132 valence electrons. The second-order valence-corrected chi connectivity index (χ2v) is 8.13. The Bertz CT molecular complexity index is 831. The summed E-state index contributed by atoms with van der Waals surface area (Å²) in [4.78, 5) is 27.9. The number of likely N-dealkylation sites (tertiary alicyclic amines) is 1. The molecule has 4 rings (SSSR count). The summed E-state index contributed by atoms with van der Waals surface area (Å²) in [7, 11) is 2.03. The van der Waals surface area contributed by atoms with Gasteiger partial charge in [0.05, 0.1) is 11.2 Å². The predicted molar refractivity (Wildman–Crippen MR) is 99.5 cm³/mol. The summed E-state index contributed by atoms with van der Waals surface area (Å²) < 4.78 is 2.10. The van der Waals surface area contributed by atoms with Crippen LogP contribution >= 0.6 is 11.8 Å². The average Bonchev–Trinajstić information content (AvgIpc) is 3.19. The lowest BCUT2D eigenvalue weighted by atomic mass is 9.79. The summed E-state index contributed by atoms with van der Waals surface area (Å²) in [6.07, 6.45) is 4.80. The summed E-state index contributed by atoms with van der Waals surface area (Å²) >= 11 is 1.59. The highest BCUT2D eigenvalue weighted by Crippen LogP contribution is 2.38. The zero-order chi connectivity index (χ0) is 17.4. The van der Waals surface area contributed by atoms with Gasteiger partial charge in [-0.15, -0.1) is 11.8 Å². The molecular weight excluding hydrogens is 334 g/mol. The van der Waals surface area contributed by atoms with Gasteiger partial charge in [0, 0.05) is 48.7 Å². The maximum absolute atomic E-state index is 12.7. The van der Waals surface area contributed by atoms with Gasteiger partial charge in [-0.25, -0.2) is 0 Å². The van der Waals surface area contributed by atoms with Gasteiger partial charge in [0.2, 0.25) is 11.8 Å². The van der Waals surface area contributed by atoms with Crippen LogP contribution in [0.2, 0.25) is 0 Å². The second kappa shape index (κ2) is 6.41. The molecule has 25 heavy (non-hydrogen) atoms. The van der Waals surface area contributed by atoms with Crippen molar-refractivity contribution in [3.05, 3.63) is 30.5 Å². The molecule has 2 aliphatic heterocycles. The van der Waals surface area contributed by atoms with E-state index < -0.39 is 0 Å². The predicted octanol–water partition coefficient (Wildman–Crippen LogP) is 2.40. The number of amides is 2. The highest BCUT2D eigenvalue weighted by atomic mass is 32.2. The fourth-order valence-corrected chi connectivity index (χ4v) is 5.08. The van der Waals surface area contributed by atoms with Crippen molar-refractivity contribution in [3.63, 3.8) is 0 Å². The number of nitrogens with one attached hydrogen (secondary N) is 1. The Morgan fingerprint density at radius 3 is 3.00 bits per heavy atom. The molecule has 1 atom stereocenters. The van der Waals surface area contributed by atoms with Crippen LogP contribution in [0, 0.1) is 5.41 Å². The van der Waals surface area contributed by atoms with Crippen LogP contribution in [0.25, 0.3) is 10.9 Å². The number of hydrogen-bond donors (Lipinski definition) is 1. The molecule has 2 fully saturated rings. The fourth-order valence-electron chi connectivity index (χ4n) is 4.05. The van der Waals surface area contributed by atoms with Gasteiger partial charge in [0.25, 0.3) is 0 Å². The van der Waals surface area contributed by atoms with Gasteiger partial charge in [0.15, 0.2) is 0 Å². The van der Waals surface area contributed by atoms with Crippen LogP contribution in [0.15, 0.2) is 35.4 Å². The Morgan fingerprint density at radius 1 is 1.32 bits per heavy atom. The van der Waals surface area contributed by atoms with E-state index in [1.807, 2.05) is 24.1 Å². The molecule has 6 heteroatoms. The monoisotopic (exact) mass is 357 g/mol. The number of thioether (sulfide) groups is 1. The van der Waals surface area contributed by atoms with Gasteiger partial charge in [-0.2, -0.15) is 0 Å². The first-order chi connectivity index (χ1) is 12.1. The summed E-state index contributed by atoms with van der Waals surface area (Å²) in [5.74, 6) is 0.690. The minimum atomic E-state index is -0.335. The Labute approximate surface area is 151 Å². The van der Waals surface area contributed by atoms with Crippen molar-refractivity contribution in [3.8, 4) is 0 Å². The fraction of sp³-hybridized carbons (Fsp3) is 0.474. The maximum Gasteiger partial charge on any atom is 0.232 e. The molecule has 1 spiro atoms. The largest absolute Gasteiger partial charge is 0.356 e. The summed E-state index contributed by atoms with van der Waals surface area (Å²) in [6.45, 7) is 2.04. The van der Waals surface area contributed by atoms with E-state index in [-0.39, 0.29) is 17.2 Å². The summed E-state index contributed by atoms with van der Waals surface area (Å²) in [6, 6.07) is 8.24. The molecule has 0 radical (unpaired) electrons. The molecule has 2 aliphatic rings. The molecule has 1 unspecified atom stereocenters. The van der Waals surface area contributed by atoms with E-state index in [4.69, 9.17) is 0 Å². The zero-order valence-corrected chi connectivity index (χ0v) is 15.3. The first-order valence-electron chi connectivity index (χ1n) is 8.82. The van der Waals surface area contributed by atoms with Crippen LogP contribution in [-0.2, 0) is 16.6 Å². The second-order valence-electron chi connectivity index (χ2n) is 7.12. The van der Waals surface area contributed by atoms with E-state index in [2.05, 4.69) is 28.2 Å². The molecule has 0 bridgehead atoms. The molecule has 2 amide bonds. The quantitative estimate of drug-likeness (QED) is 0.858. The number of carbonyl (C=O) groups excluding carboxylic acids is 2. The van der Waals surface area contributed by atoms with E-state index in [1.54, 1.807) is 11.8 Å². The molecule has 0 aliphatic carbocycles. The minimum absolute atomic E-state index is 0.133. The van der Waals surface area contributed by atoms with Gasteiger partial charge in [0.1, 0.15) is 0 Å². The molecule has 1 N–H and O–H groups in total. The highest BCUT2D eigenvalue weighted by molar-refractivity contribution is 8.00. The number of carbonyl (C=O) groups is 2. The van der Waals surface area contributed by atoms with Gasteiger partial charge >= 0.3 is 0 Å². The Hall–Kier alpha value is -1.95. The lowest BCUT2D eigenvalue weighted by molar-refractivity contribution is -0.134. The zero-order valence-electron chi connectivity index (χ0n) is 14.5. The Morgan fingerprint density at radius 2 is 2.16 bits per heavy atom. The SMILES string of the molecule is Cn1cc(SCC(=O)N2CCC3(CCCNC3=O)C2)c2ccccc21. The number of nitrogens with zero attached hydrogens (tertiary/aromatic N) is 2. The van der Waals surface area contributed by atoms with Crippen LogP contribution in [-0.4, -0.2) is 46.7 Å². The van der Waals surface area contributed by atoms with Crippen LogP contribution in [0.5, 0.6) is 0 Å². The van der Waals surface area contributed by atoms with Crippen molar-refractivity contribution >= 4 is 34.5 Å². The molecule has 1 aromatic carbocycles. The van der Waals surface area contributed by atoms with Crippen molar-refractivity contribution in [1.82, 2.24) is 14.8 Å². The number of rotatable bonds is 3. The lowest BCUT2D eigenvalue weighted by Gasteiger charge is -2.32.